The van der Waals surface area contributed by atoms with E-state index < -0.39 is 17.5 Å². The Hall–Kier alpha value is -2.84. The highest BCUT2D eigenvalue weighted by molar-refractivity contribution is 6.07. The van der Waals surface area contributed by atoms with Crippen molar-refractivity contribution in [3.05, 3.63) is 23.2 Å². The number of piperidine rings is 1. The number of rotatable bonds is 4. The first-order valence-electron chi connectivity index (χ1n) is 8.55. The van der Waals surface area contributed by atoms with Gasteiger partial charge in [0.15, 0.2) is 5.76 Å². The van der Waals surface area contributed by atoms with E-state index in [4.69, 9.17) is 4.42 Å². The third kappa shape index (κ3) is 2.93. The number of aryl methyl sites for hydroxylation is 1. The molecule has 2 aliphatic heterocycles. The molecule has 9 heteroatoms. The van der Waals surface area contributed by atoms with Crippen LogP contribution in [0, 0.1) is 5.92 Å². The maximum absolute atomic E-state index is 12.6. The van der Waals surface area contributed by atoms with Crippen LogP contribution in [-0.4, -0.2) is 52.4 Å². The number of furan rings is 1. The summed E-state index contributed by atoms with van der Waals surface area (Å²) in [6.07, 6.45) is 1.47. The first-order chi connectivity index (χ1) is 12.3. The Bertz CT molecular complexity index is 777. The van der Waals surface area contributed by atoms with Gasteiger partial charge in [-0.3, -0.25) is 14.9 Å². The summed E-state index contributed by atoms with van der Waals surface area (Å²) in [6.45, 7) is 4.24. The normalized spacial score (nSPS) is 23.7. The molecule has 0 spiro atoms. The van der Waals surface area contributed by atoms with Gasteiger partial charge in [-0.05, 0) is 25.7 Å². The Morgan fingerprint density at radius 1 is 1.35 bits per heavy atom. The fraction of sp³-hybridized carbons (Fsp3) is 0.529. The predicted octanol–water partition coefficient (Wildman–Crippen LogP) is 0.990. The average molecular weight is 363 g/mol. The molecule has 1 aromatic heterocycles. The number of urea groups is 1. The molecular weight excluding hydrogens is 342 g/mol. The smallest absolute Gasteiger partial charge is 0.339 e. The van der Waals surface area contributed by atoms with Gasteiger partial charge in [-0.25, -0.2) is 9.59 Å². The maximum atomic E-state index is 12.6. The molecule has 2 saturated heterocycles. The van der Waals surface area contributed by atoms with Crippen molar-refractivity contribution < 1.29 is 28.7 Å². The lowest BCUT2D eigenvalue weighted by Crippen LogP contribution is -2.54. The molecule has 2 aliphatic rings. The van der Waals surface area contributed by atoms with Crippen molar-refractivity contribution >= 4 is 23.8 Å². The summed E-state index contributed by atoms with van der Waals surface area (Å²) in [4.78, 5) is 48.9. The molecular formula is C17H21N3O6. The molecule has 3 heterocycles. The summed E-state index contributed by atoms with van der Waals surface area (Å²) >= 11 is 0. The molecule has 0 aromatic carbocycles. The number of hydrogen-bond donors (Lipinski definition) is 3. The lowest BCUT2D eigenvalue weighted by Gasteiger charge is -2.38. The fourth-order valence-electron chi connectivity index (χ4n) is 3.64. The van der Waals surface area contributed by atoms with Crippen LogP contribution in [0.2, 0.25) is 0 Å². The van der Waals surface area contributed by atoms with Crippen LogP contribution >= 0.6 is 0 Å². The first kappa shape index (κ1) is 18.0. The second-order valence-corrected chi connectivity index (χ2v) is 6.78. The third-order valence-corrected chi connectivity index (χ3v) is 5.24. The standard InChI is InChI=1S/C17H21N3O6/c1-3-11-10(14(22)23)8-12(26-11)13(21)20-6-4-9(5-7-20)17(2)15(24)18-16(25)19-17/h8-9H,3-7H2,1-2H3,(H,22,23)(H2,18,19,24,25). The number of nitrogens with one attached hydrogen (secondary N) is 2. The molecule has 1 unspecified atom stereocenters. The quantitative estimate of drug-likeness (QED) is 0.684. The van der Waals surface area contributed by atoms with E-state index in [1.165, 1.54) is 6.07 Å². The summed E-state index contributed by atoms with van der Waals surface area (Å²) in [5, 5.41) is 14.1. The van der Waals surface area contributed by atoms with Gasteiger partial charge in [0.05, 0.1) is 0 Å². The van der Waals surface area contributed by atoms with Crippen molar-refractivity contribution in [3.8, 4) is 0 Å². The van der Waals surface area contributed by atoms with Crippen molar-refractivity contribution in [1.82, 2.24) is 15.5 Å². The lowest BCUT2D eigenvalue weighted by molar-refractivity contribution is -0.125. The number of imide groups is 1. The van der Waals surface area contributed by atoms with Crippen molar-refractivity contribution in [2.75, 3.05) is 13.1 Å². The highest BCUT2D eigenvalue weighted by Crippen LogP contribution is 2.31. The number of carboxylic acid groups (broad SMARTS) is 1. The summed E-state index contributed by atoms with van der Waals surface area (Å²) in [6, 6.07) is 0.765. The Morgan fingerprint density at radius 2 is 2.00 bits per heavy atom. The van der Waals surface area contributed by atoms with Gasteiger partial charge in [-0.2, -0.15) is 0 Å². The number of carbonyl (C=O) groups is 4. The minimum absolute atomic E-state index is 0.00332. The first-order valence-corrected chi connectivity index (χ1v) is 8.55. The molecule has 0 bridgehead atoms. The summed E-state index contributed by atoms with van der Waals surface area (Å²) in [5.74, 6) is -1.65. The summed E-state index contributed by atoms with van der Waals surface area (Å²) < 4.78 is 5.42. The molecule has 9 nitrogen and oxygen atoms in total. The number of hydrogen-bond acceptors (Lipinski definition) is 5. The van der Waals surface area contributed by atoms with Crippen LogP contribution < -0.4 is 10.6 Å². The molecule has 4 amide bonds. The molecule has 2 fully saturated rings. The minimum Gasteiger partial charge on any atom is -0.478 e. The van der Waals surface area contributed by atoms with Crippen LogP contribution in [0.15, 0.2) is 10.5 Å². The number of carbonyl (C=O) groups excluding carboxylic acids is 3. The maximum Gasteiger partial charge on any atom is 0.339 e. The van der Waals surface area contributed by atoms with Crippen molar-refractivity contribution in [3.63, 3.8) is 0 Å². The summed E-state index contributed by atoms with van der Waals surface area (Å²) in [7, 11) is 0. The van der Waals surface area contributed by atoms with Gasteiger partial charge in [-0.1, -0.05) is 6.92 Å². The highest BCUT2D eigenvalue weighted by Gasteiger charge is 2.48. The number of carboxylic acids is 1. The zero-order chi connectivity index (χ0) is 19.1. The van der Waals surface area contributed by atoms with Crippen LogP contribution in [0.5, 0.6) is 0 Å². The molecule has 26 heavy (non-hydrogen) atoms. The van der Waals surface area contributed by atoms with Gasteiger partial charge in [0.25, 0.3) is 11.8 Å². The van der Waals surface area contributed by atoms with Gasteiger partial charge >= 0.3 is 12.0 Å². The monoisotopic (exact) mass is 363 g/mol. The minimum atomic E-state index is -1.13. The lowest BCUT2D eigenvalue weighted by atomic mass is 9.79. The Morgan fingerprint density at radius 3 is 2.46 bits per heavy atom. The van der Waals surface area contributed by atoms with Gasteiger partial charge in [-0.15, -0.1) is 0 Å². The van der Waals surface area contributed by atoms with Gasteiger partial charge in [0.2, 0.25) is 0 Å². The molecule has 0 radical (unpaired) electrons. The fourth-order valence-corrected chi connectivity index (χ4v) is 3.64. The molecule has 1 aromatic rings. The van der Waals surface area contributed by atoms with Crippen LogP contribution in [-0.2, 0) is 11.2 Å². The number of amides is 4. The van der Waals surface area contributed by atoms with Crippen LogP contribution in [0.25, 0.3) is 0 Å². The van der Waals surface area contributed by atoms with E-state index in [0.717, 1.165) is 0 Å². The summed E-state index contributed by atoms with van der Waals surface area (Å²) in [5.41, 5.74) is -0.966. The Kier molecular flexibility index (Phi) is 4.47. The zero-order valence-corrected chi connectivity index (χ0v) is 14.6. The van der Waals surface area contributed by atoms with E-state index >= 15 is 0 Å². The Balaban J connectivity index is 1.68. The van der Waals surface area contributed by atoms with Gasteiger partial charge < -0.3 is 19.7 Å². The van der Waals surface area contributed by atoms with E-state index in [1.54, 1.807) is 18.7 Å². The van der Waals surface area contributed by atoms with Crippen molar-refractivity contribution in [2.24, 2.45) is 5.92 Å². The second-order valence-electron chi connectivity index (χ2n) is 6.78. The predicted molar refractivity (Wildman–Crippen MR) is 88.8 cm³/mol. The molecule has 0 saturated carbocycles. The molecule has 3 rings (SSSR count). The molecule has 0 aliphatic carbocycles. The average Bonchev–Trinajstić information content (AvgIpc) is 3.16. The van der Waals surface area contributed by atoms with Crippen LogP contribution in [0.1, 0.15) is 53.4 Å². The van der Waals surface area contributed by atoms with Crippen LogP contribution in [0.3, 0.4) is 0 Å². The SMILES string of the molecule is CCc1oc(C(=O)N2CCC(C3(C)NC(=O)NC3=O)CC2)cc1C(=O)O. The van der Waals surface area contributed by atoms with E-state index in [0.29, 0.717) is 32.4 Å². The second kappa shape index (κ2) is 6.47. The number of likely N-dealkylation sites (tertiary alicyclic amines) is 1. The molecule has 140 valence electrons. The molecule has 1 atom stereocenters. The van der Waals surface area contributed by atoms with Crippen molar-refractivity contribution in [2.45, 2.75) is 38.6 Å². The van der Waals surface area contributed by atoms with Gasteiger partial charge in [0, 0.05) is 25.6 Å². The van der Waals surface area contributed by atoms with Crippen molar-refractivity contribution in [1.29, 1.82) is 0 Å². The zero-order valence-electron chi connectivity index (χ0n) is 14.6. The largest absolute Gasteiger partial charge is 0.478 e. The third-order valence-electron chi connectivity index (χ3n) is 5.24. The van der Waals surface area contributed by atoms with Crippen LogP contribution in [0.4, 0.5) is 4.79 Å². The van der Waals surface area contributed by atoms with E-state index in [2.05, 4.69) is 10.6 Å². The Labute approximate surface area is 149 Å². The number of aromatic carboxylic acids is 1. The molecule has 3 N–H and O–H groups in total. The topological polar surface area (TPSA) is 129 Å². The highest BCUT2D eigenvalue weighted by atomic mass is 16.4. The van der Waals surface area contributed by atoms with E-state index in [9.17, 15) is 24.3 Å². The van der Waals surface area contributed by atoms with E-state index in [-0.39, 0.29) is 34.8 Å². The number of nitrogens with zero attached hydrogens (tertiary/aromatic N) is 1. The van der Waals surface area contributed by atoms with Gasteiger partial charge in [0.1, 0.15) is 16.9 Å². The van der Waals surface area contributed by atoms with E-state index in [1.807, 2.05) is 0 Å².